The van der Waals surface area contributed by atoms with E-state index in [4.69, 9.17) is 5.11 Å². The highest BCUT2D eigenvalue weighted by atomic mass is 79.9. The molecular formula is C11H10BrF3O2S. The predicted octanol–water partition coefficient (Wildman–Crippen LogP) is 4.58. The Kier molecular flexibility index (Phi) is 5.52. The van der Waals surface area contributed by atoms with Crippen LogP contribution in [0.4, 0.5) is 13.2 Å². The van der Waals surface area contributed by atoms with E-state index in [0.717, 1.165) is 11.8 Å². The number of rotatable bonds is 5. The molecule has 1 aromatic carbocycles. The number of hydrogen-bond acceptors (Lipinski definition) is 2. The fourth-order valence-corrected chi connectivity index (χ4v) is 2.79. The molecule has 1 N–H and O–H groups in total. The van der Waals surface area contributed by atoms with Crippen LogP contribution in [0.2, 0.25) is 0 Å². The highest BCUT2D eigenvalue weighted by Gasteiger charge is 2.26. The zero-order valence-electron chi connectivity index (χ0n) is 9.13. The summed E-state index contributed by atoms with van der Waals surface area (Å²) in [5.74, 6) is -0.850. The van der Waals surface area contributed by atoms with Crippen molar-refractivity contribution in [2.24, 2.45) is 0 Å². The van der Waals surface area contributed by atoms with Crippen molar-refractivity contribution in [1.29, 1.82) is 0 Å². The van der Waals surface area contributed by atoms with Gasteiger partial charge in [-0.1, -0.05) is 15.9 Å². The van der Waals surface area contributed by atoms with Gasteiger partial charge >= 0.3 is 12.1 Å². The number of benzene rings is 1. The zero-order chi connectivity index (χ0) is 13.8. The van der Waals surface area contributed by atoms with E-state index >= 15 is 0 Å². The summed E-state index contributed by atoms with van der Waals surface area (Å²) >= 11 is 4.32. The summed E-state index contributed by atoms with van der Waals surface area (Å²) in [7, 11) is 0. The molecule has 0 radical (unpaired) electrons. The first-order chi connectivity index (χ1) is 8.29. The van der Waals surface area contributed by atoms with Gasteiger partial charge in [-0.15, -0.1) is 11.8 Å². The third-order valence-corrected chi connectivity index (χ3v) is 3.67. The Morgan fingerprint density at radius 3 is 2.61 bits per heavy atom. The molecule has 0 saturated heterocycles. The number of aromatic carboxylic acids is 1. The van der Waals surface area contributed by atoms with Crippen molar-refractivity contribution in [3.8, 4) is 0 Å². The molecule has 0 saturated carbocycles. The highest BCUT2D eigenvalue weighted by molar-refractivity contribution is 9.10. The first-order valence-electron chi connectivity index (χ1n) is 5.02. The van der Waals surface area contributed by atoms with Gasteiger partial charge < -0.3 is 5.11 Å². The molecule has 0 spiro atoms. The lowest BCUT2D eigenvalue weighted by Crippen LogP contribution is -2.07. The minimum Gasteiger partial charge on any atom is -0.478 e. The van der Waals surface area contributed by atoms with Crippen LogP contribution in [0, 0.1) is 0 Å². The SMILES string of the molecule is O=C(O)c1ccc(Br)cc1SCCCC(F)(F)F. The highest BCUT2D eigenvalue weighted by Crippen LogP contribution is 2.29. The molecule has 0 amide bonds. The summed E-state index contributed by atoms with van der Waals surface area (Å²) in [6.45, 7) is 0. The average Bonchev–Trinajstić information content (AvgIpc) is 2.22. The summed E-state index contributed by atoms with van der Waals surface area (Å²) in [6, 6.07) is 4.61. The van der Waals surface area contributed by atoms with E-state index in [1.54, 1.807) is 12.1 Å². The molecule has 0 aliphatic rings. The number of carboxylic acids is 1. The van der Waals surface area contributed by atoms with Crippen molar-refractivity contribution in [3.63, 3.8) is 0 Å². The van der Waals surface area contributed by atoms with Gasteiger partial charge in [0.1, 0.15) is 0 Å². The Balaban J connectivity index is 2.61. The van der Waals surface area contributed by atoms with E-state index in [9.17, 15) is 18.0 Å². The van der Waals surface area contributed by atoms with Crippen LogP contribution >= 0.6 is 27.7 Å². The minimum absolute atomic E-state index is 0.0280. The summed E-state index contributed by atoms with van der Waals surface area (Å²) in [5.41, 5.74) is 0.107. The first-order valence-corrected chi connectivity index (χ1v) is 6.80. The molecule has 2 nitrogen and oxygen atoms in total. The van der Waals surface area contributed by atoms with Gasteiger partial charge in [0.25, 0.3) is 0 Å². The molecular weight excluding hydrogens is 333 g/mol. The summed E-state index contributed by atoms with van der Waals surface area (Å²) in [5, 5.41) is 8.93. The topological polar surface area (TPSA) is 37.3 Å². The molecule has 0 aliphatic heterocycles. The van der Waals surface area contributed by atoms with Crippen LogP contribution in [0.25, 0.3) is 0 Å². The normalized spacial score (nSPS) is 11.6. The van der Waals surface area contributed by atoms with Gasteiger partial charge in [-0.2, -0.15) is 13.2 Å². The predicted molar refractivity (Wildman–Crippen MR) is 67.1 cm³/mol. The molecule has 0 atom stereocenters. The van der Waals surface area contributed by atoms with Crippen molar-refractivity contribution in [2.45, 2.75) is 23.9 Å². The van der Waals surface area contributed by atoms with Crippen LogP contribution in [0.5, 0.6) is 0 Å². The fraction of sp³-hybridized carbons (Fsp3) is 0.364. The molecule has 0 aromatic heterocycles. The van der Waals surface area contributed by atoms with Crippen molar-refractivity contribution < 1.29 is 23.1 Å². The lowest BCUT2D eigenvalue weighted by molar-refractivity contribution is -0.134. The third-order valence-electron chi connectivity index (χ3n) is 2.04. The number of hydrogen-bond donors (Lipinski definition) is 1. The second-order valence-electron chi connectivity index (χ2n) is 3.51. The van der Waals surface area contributed by atoms with Crippen LogP contribution in [-0.2, 0) is 0 Å². The van der Waals surface area contributed by atoms with Gasteiger partial charge in [0.2, 0.25) is 0 Å². The minimum atomic E-state index is -4.16. The van der Waals surface area contributed by atoms with E-state index in [2.05, 4.69) is 15.9 Å². The van der Waals surface area contributed by atoms with Gasteiger partial charge in [-0.25, -0.2) is 4.79 Å². The first kappa shape index (κ1) is 15.4. The number of halogens is 4. The molecule has 7 heteroatoms. The average molecular weight is 343 g/mol. The largest absolute Gasteiger partial charge is 0.478 e. The van der Waals surface area contributed by atoms with E-state index in [1.807, 2.05) is 0 Å². The molecule has 0 heterocycles. The quantitative estimate of drug-likeness (QED) is 0.628. The third kappa shape index (κ3) is 5.30. The van der Waals surface area contributed by atoms with Gasteiger partial charge in [-0.3, -0.25) is 0 Å². The Labute approximate surface area is 115 Å². The van der Waals surface area contributed by atoms with Crippen LogP contribution in [-0.4, -0.2) is 23.0 Å². The maximum absolute atomic E-state index is 11.9. The van der Waals surface area contributed by atoms with E-state index in [0.29, 0.717) is 9.37 Å². The summed E-state index contributed by atoms with van der Waals surface area (Å²) in [4.78, 5) is 11.4. The summed E-state index contributed by atoms with van der Waals surface area (Å²) < 4.78 is 36.5. The number of thioether (sulfide) groups is 1. The van der Waals surface area contributed by atoms with Crippen LogP contribution in [0.1, 0.15) is 23.2 Å². The number of carbonyl (C=O) groups is 1. The van der Waals surface area contributed by atoms with Gasteiger partial charge in [0.15, 0.2) is 0 Å². The number of carboxylic acid groups (broad SMARTS) is 1. The van der Waals surface area contributed by atoms with Crippen LogP contribution < -0.4 is 0 Å². The Bertz CT molecular complexity index is 435. The van der Waals surface area contributed by atoms with E-state index < -0.39 is 18.6 Å². The number of alkyl halides is 3. The van der Waals surface area contributed by atoms with Crippen molar-refractivity contribution in [3.05, 3.63) is 28.2 Å². The maximum atomic E-state index is 11.9. The molecule has 0 fully saturated rings. The van der Waals surface area contributed by atoms with Crippen LogP contribution in [0.3, 0.4) is 0 Å². The monoisotopic (exact) mass is 342 g/mol. The standard InChI is InChI=1S/C11H10BrF3O2S/c12-7-2-3-8(10(16)17)9(6-7)18-5-1-4-11(13,14)15/h2-3,6H,1,4-5H2,(H,16,17). The van der Waals surface area contributed by atoms with E-state index in [1.165, 1.54) is 6.07 Å². The molecule has 0 unspecified atom stereocenters. The van der Waals surface area contributed by atoms with Crippen molar-refractivity contribution >= 4 is 33.7 Å². The Morgan fingerprint density at radius 2 is 2.06 bits per heavy atom. The van der Waals surface area contributed by atoms with Gasteiger partial charge in [0, 0.05) is 15.8 Å². The second-order valence-corrected chi connectivity index (χ2v) is 5.57. The Hall–Kier alpha value is -0.690. The molecule has 1 rings (SSSR count). The summed E-state index contributed by atoms with van der Waals surface area (Å²) in [6.07, 6.45) is -5.04. The molecule has 0 aliphatic carbocycles. The lowest BCUT2D eigenvalue weighted by atomic mass is 10.2. The van der Waals surface area contributed by atoms with Crippen molar-refractivity contribution in [2.75, 3.05) is 5.75 Å². The molecule has 18 heavy (non-hydrogen) atoms. The lowest BCUT2D eigenvalue weighted by Gasteiger charge is -2.08. The van der Waals surface area contributed by atoms with Gasteiger partial charge in [-0.05, 0) is 30.4 Å². The van der Waals surface area contributed by atoms with Crippen molar-refractivity contribution in [1.82, 2.24) is 0 Å². The molecule has 100 valence electrons. The smallest absolute Gasteiger partial charge is 0.389 e. The molecule has 0 bridgehead atoms. The van der Waals surface area contributed by atoms with Crippen LogP contribution in [0.15, 0.2) is 27.6 Å². The molecule has 1 aromatic rings. The second kappa shape index (κ2) is 6.47. The fourth-order valence-electron chi connectivity index (χ4n) is 1.25. The maximum Gasteiger partial charge on any atom is 0.389 e. The van der Waals surface area contributed by atoms with Gasteiger partial charge in [0.05, 0.1) is 5.56 Å². The van der Waals surface area contributed by atoms with E-state index in [-0.39, 0.29) is 17.7 Å². The zero-order valence-corrected chi connectivity index (χ0v) is 11.5. The Morgan fingerprint density at radius 1 is 1.39 bits per heavy atom.